The molecule has 0 spiro atoms. The van der Waals surface area contributed by atoms with Crippen molar-refractivity contribution in [3.63, 3.8) is 0 Å². The van der Waals surface area contributed by atoms with Gasteiger partial charge in [0.15, 0.2) is 0 Å². The molecule has 0 aliphatic heterocycles. The van der Waals surface area contributed by atoms with Crippen LogP contribution < -0.4 is 5.48 Å². The van der Waals surface area contributed by atoms with Crippen LogP contribution in [0.2, 0.25) is 0 Å². The third-order valence-electron chi connectivity index (χ3n) is 1.74. The number of nitrogens with one attached hydrogen (secondary N) is 1. The Kier molecular flexibility index (Phi) is 1.97. The maximum absolute atomic E-state index is 8.72. The minimum atomic E-state index is 0.464. The molecule has 0 fully saturated rings. The molecule has 1 aromatic heterocycles. The molecule has 4 heteroatoms. The van der Waals surface area contributed by atoms with Gasteiger partial charge in [-0.25, -0.2) is 0 Å². The zero-order chi connectivity index (χ0) is 9.10. The Morgan fingerprint density at radius 1 is 1.23 bits per heavy atom. The van der Waals surface area contributed by atoms with Crippen molar-refractivity contribution in [2.24, 2.45) is 0 Å². The van der Waals surface area contributed by atoms with E-state index in [0.29, 0.717) is 11.4 Å². The highest BCUT2D eigenvalue weighted by molar-refractivity contribution is 5.72. The third kappa shape index (κ3) is 1.39. The lowest BCUT2D eigenvalue weighted by Crippen LogP contribution is -1.89. The predicted molar refractivity (Wildman–Crippen MR) is 47.3 cm³/mol. The molecule has 0 bridgehead atoms. The SMILES string of the molecule is ONc1conc1-c1ccccc1. The maximum Gasteiger partial charge on any atom is 0.149 e. The van der Waals surface area contributed by atoms with E-state index >= 15 is 0 Å². The summed E-state index contributed by atoms with van der Waals surface area (Å²) in [6, 6.07) is 9.48. The highest BCUT2D eigenvalue weighted by atomic mass is 16.5. The van der Waals surface area contributed by atoms with Gasteiger partial charge in [-0.05, 0) is 0 Å². The summed E-state index contributed by atoms with van der Waals surface area (Å²) in [6.07, 6.45) is 1.35. The van der Waals surface area contributed by atoms with Gasteiger partial charge < -0.3 is 4.52 Å². The van der Waals surface area contributed by atoms with E-state index in [0.717, 1.165) is 5.56 Å². The summed E-state index contributed by atoms with van der Waals surface area (Å²) in [7, 11) is 0. The second-order valence-electron chi connectivity index (χ2n) is 2.55. The fourth-order valence-corrected chi connectivity index (χ4v) is 1.12. The van der Waals surface area contributed by atoms with Crippen molar-refractivity contribution in [2.75, 3.05) is 5.48 Å². The Labute approximate surface area is 74.8 Å². The van der Waals surface area contributed by atoms with Gasteiger partial charge >= 0.3 is 0 Å². The van der Waals surface area contributed by atoms with E-state index in [9.17, 15) is 0 Å². The molecule has 0 amide bonds. The first kappa shape index (κ1) is 7.82. The van der Waals surface area contributed by atoms with Gasteiger partial charge in [0.25, 0.3) is 0 Å². The molecule has 2 aromatic rings. The van der Waals surface area contributed by atoms with Crippen LogP contribution in [0.3, 0.4) is 0 Å². The van der Waals surface area contributed by atoms with Crippen molar-refractivity contribution < 1.29 is 9.73 Å². The lowest BCUT2D eigenvalue weighted by Gasteiger charge is -1.97. The summed E-state index contributed by atoms with van der Waals surface area (Å²) in [4.78, 5) is 0. The Hall–Kier alpha value is -1.81. The largest absolute Gasteiger partial charge is 0.362 e. The molecule has 1 heterocycles. The number of aromatic nitrogens is 1. The molecule has 0 aliphatic carbocycles. The van der Waals surface area contributed by atoms with Crippen LogP contribution in [0.4, 0.5) is 5.69 Å². The molecule has 0 radical (unpaired) electrons. The summed E-state index contributed by atoms with van der Waals surface area (Å²) in [5.41, 5.74) is 3.98. The molecule has 0 saturated heterocycles. The first-order valence-corrected chi connectivity index (χ1v) is 3.81. The van der Waals surface area contributed by atoms with Crippen LogP contribution in [0.5, 0.6) is 0 Å². The van der Waals surface area contributed by atoms with Crippen LogP contribution in [0, 0.1) is 0 Å². The van der Waals surface area contributed by atoms with Crippen LogP contribution >= 0.6 is 0 Å². The number of hydrogen-bond acceptors (Lipinski definition) is 4. The topological polar surface area (TPSA) is 58.3 Å². The molecule has 2 rings (SSSR count). The fraction of sp³-hybridized carbons (Fsp3) is 0. The average Bonchev–Trinajstić information content (AvgIpc) is 2.67. The number of anilines is 1. The van der Waals surface area contributed by atoms with Gasteiger partial charge in [-0.2, -0.15) is 0 Å². The molecule has 1 aromatic carbocycles. The maximum atomic E-state index is 8.72. The summed E-state index contributed by atoms with van der Waals surface area (Å²) in [6.45, 7) is 0. The lowest BCUT2D eigenvalue weighted by atomic mass is 10.1. The van der Waals surface area contributed by atoms with Gasteiger partial charge in [0.2, 0.25) is 0 Å². The minimum absolute atomic E-state index is 0.464. The van der Waals surface area contributed by atoms with E-state index in [-0.39, 0.29) is 0 Å². The number of nitrogens with zero attached hydrogens (tertiary/aromatic N) is 1. The van der Waals surface area contributed by atoms with Gasteiger partial charge in [-0.1, -0.05) is 35.5 Å². The van der Waals surface area contributed by atoms with E-state index < -0.39 is 0 Å². The van der Waals surface area contributed by atoms with Gasteiger partial charge in [0.05, 0.1) is 0 Å². The van der Waals surface area contributed by atoms with E-state index in [1.807, 2.05) is 35.8 Å². The van der Waals surface area contributed by atoms with E-state index in [1.165, 1.54) is 6.26 Å². The van der Waals surface area contributed by atoms with Crippen LogP contribution in [0.25, 0.3) is 11.3 Å². The molecule has 66 valence electrons. The molecule has 4 nitrogen and oxygen atoms in total. The molecule has 2 N–H and O–H groups in total. The van der Waals surface area contributed by atoms with Crippen molar-refractivity contribution in [1.82, 2.24) is 5.16 Å². The quantitative estimate of drug-likeness (QED) is 0.688. The smallest absolute Gasteiger partial charge is 0.149 e. The average molecular weight is 176 g/mol. The standard InChI is InChI=1S/C9H8N2O2/c12-10-8-6-13-11-9(8)7-4-2-1-3-5-7/h1-6,10,12H. The molecule has 0 aliphatic rings. The summed E-state index contributed by atoms with van der Waals surface area (Å²) in [5, 5.41) is 12.5. The molecule has 13 heavy (non-hydrogen) atoms. The minimum Gasteiger partial charge on any atom is -0.362 e. The number of rotatable bonds is 2. The van der Waals surface area contributed by atoms with Crippen LogP contribution in [-0.2, 0) is 0 Å². The summed E-state index contributed by atoms with van der Waals surface area (Å²) >= 11 is 0. The Morgan fingerprint density at radius 2 is 2.00 bits per heavy atom. The zero-order valence-corrected chi connectivity index (χ0v) is 6.77. The van der Waals surface area contributed by atoms with Crippen molar-refractivity contribution in [1.29, 1.82) is 0 Å². The van der Waals surface area contributed by atoms with Gasteiger partial charge in [0, 0.05) is 5.56 Å². The summed E-state index contributed by atoms with van der Waals surface area (Å²) in [5.74, 6) is 0. The Morgan fingerprint density at radius 3 is 2.69 bits per heavy atom. The number of benzene rings is 1. The van der Waals surface area contributed by atoms with Crippen LogP contribution in [0.1, 0.15) is 0 Å². The van der Waals surface area contributed by atoms with Crippen molar-refractivity contribution >= 4 is 5.69 Å². The second kappa shape index (κ2) is 3.28. The van der Waals surface area contributed by atoms with Gasteiger partial charge in [-0.15, -0.1) is 0 Å². The van der Waals surface area contributed by atoms with Crippen LogP contribution in [0.15, 0.2) is 41.1 Å². The fourth-order valence-electron chi connectivity index (χ4n) is 1.12. The second-order valence-corrected chi connectivity index (χ2v) is 2.55. The predicted octanol–water partition coefficient (Wildman–Crippen LogP) is 2.14. The first-order valence-electron chi connectivity index (χ1n) is 3.81. The summed E-state index contributed by atoms with van der Waals surface area (Å²) < 4.78 is 4.72. The molecular weight excluding hydrogens is 168 g/mol. The van der Waals surface area contributed by atoms with E-state index in [2.05, 4.69) is 5.16 Å². The van der Waals surface area contributed by atoms with Gasteiger partial charge in [-0.3, -0.25) is 10.7 Å². The highest BCUT2D eigenvalue weighted by Gasteiger charge is 2.07. The molecule has 0 atom stereocenters. The normalized spacial score (nSPS) is 9.92. The zero-order valence-electron chi connectivity index (χ0n) is 6.77. The van der Waals surface area contributed by atoms with E-state index in [1.54, 1.807) is 0 Å². The van der Waals surface area contributed by atoms with Crippen LogP contribution in [-0.4, -0.2) is 10.4 Å². The Bertz CT molecular complexity index is 384. The molecular formula is C9H8N2O2. The molecule has 0 saturated carbocycles. The monoisotopic (exact) mass is 176 g/mol. The van der Waals surface area contributed by atoms with Gasteiger partial charge in [0.1, 0.15) is 17.6 Å². The van der Waals surface area contributed by atoms with Crippen molar-refractivity contribution in [3.05, 3.63) is 36.6 Å². The Balaban J connectivity index is 2.47. The van der Waals surface area contributed by atoms with E-state index in [4.69, 9.17) is 9.73 Å². The van der Waals surface area contributed by atoms with Crippen molar-refractivity contribution in [3.8, 4) is 11.3 Å². The number of hydrogen-bond donors (Lipinski definition) is 2. The highest BCUT2D eigenvalue weighted by Crippen LogP contribution is 2.25. The van der Waals surface area contributed by atoms with Crippen molar-refractivity contribution in [2.45, 2.75) is 0 Å². The lowest BCUT2D eigenvalue weighted by molar-refractivity contribution is 0.385. The molecule has 0 unspecified atom stereocenters. The first-order chi connectivity index (χ1) is 6.42. The third-order valence-corrected chi connectivity index (χ3v) is 1.74.